The van der Waals surface area contributed by atoms with Gasteiger partial charge in [-0.15, -0.1) is 0 Å². The van der Waals surface area contributed by atoms with Gasteiger partial charge in [-0.05, 0) is 0 Å². The molecule has 1 aliphatic heterocycles. The summed E-state index contributed by atoms with van der Waals surface area (Å²) in [5, 5.41) is 10.0. The van der Waals surface area contributed by atoms with E-state index in [-0.39, 0.29) is 101 Å². The number of phosphoric ester groups is 1. The molecule has 0 aromatic carbocycles. The van der Waals surface area contributed by atoms with E-state index in [4.69, 9.17) is 10.5 Å². The molecular formula is C10H12N5Na3O9P2. The van der Waals surface area contributed by atoms with Gasteiger partial charge >= 0.3 is 88.7 Å². The fraction of sp³-hybridized carbons (Fsp3) is 0.500. The van der Waals surface area contributed by atoms with E-state index in [1.807, 2.05) is 0 Å². The van der Waals surface area contributed by atoms with Crippen LogP contribution in [0.2, 0.25) is 0 Å². The number of nitrogens with two attached hydrogens (primary N) is 1. The van der Waals surface area contributed by atoms with E-state index in [0.29, 0.717) is 11.2 Å². The summed E-state index contributed by atoms with van der Waals surface area (Å²) in [4.78, 5) is 43.8. The number of imidazole rings is 1. The molecule has 4 atom stereocenters. The van der Waals surface area contributed by atoms with Crippen LogP contribution in [0, 0.1) is 0 Å². The van der Waals surface area contributed by atoms with Crippen LogP contribution in [0.4, 0.5) is 5.82 Å². The summed E-state index contributed by atoms with van der Waals surface area (Å²) >= 11 is 0. The summed E-state index contributed by atoms with van der Waals surface area (Å²) < 4.78 is 36.2. The first-order valence-electron chi connectivity index (χ1n) is 7.01. The summed E-state index contributed by atoms with van der Waals surface area (Å²) in [6.07, 6.45) is -0.437. The molecule has 1 aliphatic rings. The summed E-state index contributed by atoms with van der Waals surface area (Å²) in [5.41, 5.74) is 6.34. The minimum atomic E-state index is -5.79. The van der Waals surface area contributed by atoms with Crippen LogP contribution < -0.4 is 109 Å². The number of aliphatic hydroxyl groups excluding tert-OH is 1. The summed E-state index contributed by atoms with van der Waals surface area (Å²) in [5.74, 6) is 0.149. The Labute approximate surface area is 230 Å². The maximum absolute atomic E-state index is 11.3. The van der Waals surface area contributed by atoms with Crippen molar-refractivity contribution in [3.05, 3.63) is 12.7 Å². The number of rotatable bonds is 6. The molecule has 144 valence electrons. The number of anilines is 1. The molecule has 0 amide bonds. The molecule has 0 aliphatic carbocycles. The number of phosphoric acid groups is 2. The second-order valence-corrected chi connectivity index (χ2v) is 7.99. The van der Waals surface area contributed by atoms with Crippen molar-refractivity contribution >= 4 is 32.6 Å². The third-order valence-corrected chi connectivity index (χ3v) is 5.56. The van der Waals surface area contributed by atoms with Gasteiger partial charge in [0.1, 0.15) is 24.2 Å². The predicted molar refractivity (Wildman–Crippen MR) is 76.5 cm³/mol. The van der Waals surface area contributed by atoms with Crippen molar-refractivity contribution in [2.24, 2.45) is 0 Å². The third kappa shape index (κ3) is 8.11. The van der Waals surface area contributed by atoms with E-state index in [9.17, 15) is 28.9 Å². The maximum Gasteiger partial charge on any atom is 1.00 e. The van der Waals surface area contributed by atoms with Crippen molar-refractivity contribution in [1.29, 1.82) is 0 Å². The Morgan fingerprint density at radius 2 is 1.90 bits per heavy atom. The van der Waals surface area contributed by atoms with Crippen LogP contribution in [-0.2, 0) is 22.7 Å². The van der Waals surface area contributed by atoms with Gasteiger partial charge in [0.25, 0.3) is 7.82 Å². The Hall–Kier alpha value is 1.53. The number of aliphatic hydroxyl groups is 1. The van der Waals surface area contributed by atoms with Crippen LogP contribution in [0.1, 0.15) is 12.6 Å². The van der Waals surface area contributed by atoms with Crippen LogP contribution in [-0.4, -0.2) is 43.4 Å². The second-order valence-electron chi connectivity index (χ2n) is 5.29. The van der Waals surface area contributed by atoms with Gasteiger partial charge in [0.15, 0.2) is 11.5 Å². The molecule has 29 heavy (non-hydrogen) atoms. The van der Waals surface area contributed by atoms with Crippen LogP contribution in [0.25, 0.3) is 11.2 Å². The van der Waals surface area contributed by atoms with Gasteiger partial charge in [-0.3, -0.25) is 13.4 Å². The van der Waals surface area contributed by atoms with E-state index < -0.39 is 40.7 Å². The number of ether oxygens (including phenoxy) is 1. The van der Waals surface area contributed by atoms with Crippen molar-refractivity contribution in [2.75, 3.05) is 12.3 Å². The second kappa shape index (κ2) is 12.1. The molecular weight excluding hydrogens is 465 g/mol. The molecule has 2 aromatic rings. The minimum absolute atomic E-state index is 0. The summed E-state index contributed by atoms with van der Waals surface area (Å²) in [6, 6.07) is 0. The SMILES string of the molecule is Nc1ncnc2c1ncn2C1CC(O)[C@@H](COP(=O)([O-])OP(=O)([O-])[O-])O1.[Na+].[Na+].[Na+]. The molecule has 3 rings (SSSR count). The molecule has 1 fully saturated rings. The van der Waals surface area contributed by atoms with Gasteiger partial charge in [-0.2, -0.15) is 0 Å². The number of hydrogen-bond acceptors (Lipinski definition) is 13. The van der Waals surface area contributed by atoms with E-state index in [2.05, 4.69) is 23.8 Å². The molecule has 2 aromatic heterocycles. The Bertz CT molecular complexity index is 914. The van der Waals surface area contributed by atoms with E-state index in [1.54, 1.807) is 0 Å². The van der Waals surface area contributed by atoms with Crippen LogP contribution in [0.3, 0.4) is 0 Å². The number of hydrogen-bond donors (Lipinski definition) is 2. The molecule has 3 N–H and O–H groups in total. The fourth-order valence-electron chi connectivity index (χ4n) is 2.43. The van der Waals surface area contributed by atoms with Crippen LogP contribution >= 0.6 is 15.6 Å². The molecule has 3 heterocycles. The Morgan fingerprint density at radius 3 is 2.52 bits per heavy atom. The van der Waals surface area contributed by atoms with Gasteiger partial charge in [0, 0.05) is 6.42 Å². The molecule has 3 unspecified atom stereocenters. The average Bonchev–Trinajstić information content (AvgIpc) is 3.07. The molecule has 14 nitrogen and oxygen atoms in total. The standard InChI is InChI=1S/C10H15N5O9P2.3Na/c11-9-8-10(13-3-12-9)15(4-14-8)7-1-5(16)6(23-7)2-22-26(20,21)24-25(17,18)19;;;/h3-7,16H,1-2H2,(H,20,21)(H2,11,12,13)(H2,17,18,19);;;/q;3*+1/p-3/t5?,6-,7?;;;/m1.../s1. The van der Waals surface area contributed by atoms with Crippen molar-refractivity contribution < 1.29 is 131 Å². The number of fused-ring (bicyclic) bond motifs is 1. The average molecular weight is 477 g/mol. The molecule has 0 spiro atoms. The van der Waals surface area contributed by atoms with Crippen molar-refractivity contribution in [1.82, 2.24) is 19.5 Å². The fourth-order valence-corrected chi connectivity index (χ4v) is 3.93. The zero-order valence-electron chi connectivity index (χ0n) is 15.8. The van der Waals surface area contributed by atoms with E-state index in [1.165, 1.54) is 17.2 Å². The first-order valence-corrected chi connectivity index (χ1v) is 9.93. The molecule has 1 saturated heterocycles. The number of aromatic nitrogens is 4. The van der Waals surface area contributed by atoms with Gasteiger partial charge in [0.05, 0.1) is 26.9 Å². The van der Waals surface area contributed by atoms with E-state index in [0.717, 1.165) is 0 Å². The third-order valence-electron chi connectivity index (χ3n) is 3.50. The zero-order valence-corrected chi connectivity index (χ0v) is 23.6. The van der Waals surface area contributed by atoms with E-state index >= 15 is 0 Å². The zero-order chi connectivity index (χ0) is 19.1. The molecule has 0 bridgehead atoms. The Balaban J connectivity index is 0.00000261. The van der Waals surface area contributed by atoms with Gasteiger partial charge < -0.3 is 39.3 Å². The van der Waals surface area contributed by atoms with Gasteiger partial charge in [-0.25, -0.2) is 15.0 Å². The van der Waals surface area contributed by atoms with Crippen molar-refractivity contribution in [3.8, 4) is 0 Å². The van der Waals surface area contributed by atoms with Gasteiger partial charge in [0.2, 0.25) is 0 Å². The van der Waals surface area contributed by atoms with Crippen molar-refractivity contribution in [2.45, 2.75) is 24.9 Å². The largest absolute Gasteiger partial charge is 1.00 e. The topological polar surface area (TPSA) is 221 Å². The van der Waals surface area contributed by atoms with Gasteiger partial charge in [-0.1, -0.05) is 0 Å². The molecule has 0 saturated carbocycles. The Morgan fingerprint density at radius 1 is 1.24 bits per heavy atom. The monoisotopic (exact) mass is 477 g/mol. The quantitative estimate of drug-likeness (QED) is 0.292. The first-order chi connectivity index (χ1) is 12.1. The first kappa shape index (κ1) is 30.5. The maximum atomic E-state index is 11.3. The predicted octanol–water partition coefficient (Wildman–Crippen LogP) is -11.6. The minimum Gasteiger partial charge on any atom is -0.790 e. The number of nitrogens with zero attached hydrogens (tertiary/aromatic N) is 4. The number of nitrogen functional groups attached to an aromatic ring is 1. The normalized spacial score (nSPS) is 23.5. The Kier molecular flexibility index (Phi) is 12.8. The van der Waals surface area contributed by atoms with Crippen LogP contribution in [0.5, 0.6) is 0 Å². The molecule has 19 heteroatoms. The molecule has 0 radical (unpaired) electrons. The van der Waals surface area contributed by atoms with Crippen molar-refractivity contribution in [3.63, 3.8) is 0 Å². The smallest absolute Gasteiger partial charge is 0.790 e. The van der Waals surface area contributed by atoms with Crippen LogP contribution in [0.15, 0.2) is 12.7 Å². The summed E-state index contributed by atoms with van der Waals surface area (Å²) in [6.45, 7) is -0.762. The summed E-state index contributed by atoms with van der Waals surface area (Å²) in [7, 11) is -11.2.